The Hall–Kier alpha value is -2.15. The third-order valence-electron chi connectivity index (χ3n) is 3.29. The first-order chi connectivity index (χ1) is 9.63. The van der Waals surface area contributed by atoms with Crippen molar-refractivity contribution in [2.24, 2.45) is 0 Å². The van der Waals surface area contributed by atoms with Crippen LogP contribution in [0.15, 0.2) is 18.2 Å². The van der Waals surface area contributed by atoms with Crippen molar-refractivity contribution < 1.29 is 14.5 Å². The van der Waals surface area contributed by atoms with Gasteiger partial charge in [-0.25, -0.2) is 0 Å². The van der Waals surface area contributed by atoms with Gasteiger partial charge in [0.25, 0.3) is 5.91 Å². The molecule has 7 nitrogen and oxygen atoms in total. The predicted octanol–water partition coefficient (Wildman–Crippen LogP) is 1.55. The Labute approximate surface area is 116 Å². The van der Waals surface area contributed by atoms with Gasteiger partial charge in [-0.1, -0.05) is 6.07 Å². The molecule has 0 unspecified atom stereocenters. The fourth-order valence-corrected chi connectivity index (χ4v) is 2.23. The summed E-state index contributed by atoms with van der Waals surface area (Å²) in [5.74, 6) is -0.416. The molecule has 1 saturated heterocycles. The summed E-state index contributed by atoms with van der Waals surface area (Å²) in [6.07, 6.45) is 1.45. The van der Waals surface area contributed by atoms with E-state index in [4.69, 9.17) is 4.74 Å². The van der Waals surface area contributed by atoms with Crippen LogP contribution < -0.4 is 10.6 Å². The second-order valence-corrected chi connectivity index (χ2v) is 4.57. The van der Waals surface area contributed by atoms with E-state index in [0.717, 1.165) is 12.8 Å². The quantitative estimate of drug-likeness (QED) is 0.644. The van der Waals surface area contributed by atoms with Crippen LogP contribution in [0, 0.1) is 10.1 Å². The molecule has 108 valence electrons. The van der Waals surface area contributed by atoms with Crippen LogP contribution in [0.25, 0.3) is 0 Å². The molecule has 1 aliphatic heterocycles. The molecule has 0 spiro atoms. The van der Waals surface area contributed by atoms with E-state index in [1.54, 1.807) is 19.2 Å². The van der Waals surface area contributed by atoms with Crippen LogP contribution in [0.2, 0.25) is 0 Å². The summed E-state index contributed by atoms with van der Waals surface area (Å²) < 4.78 is 5.22. The Kier molecular flexibility index (Phi) is 4.52. The zero-order valence-electron chi connectivity index (χ0n) is 11.2. The zero-order valence-corrected chi connectivity index (χ0v) is 11.2. The number of benzene rings is 1. The highest BCUT2D eigenvalue weighted by Crippen LogP contribution is 2.28. The molecule has 0 radical (unpaired) electrons. The number of hydrogen-bond donors (Lipinski definition) is 2. The number of para-hydroxylation sites is 1. The molecule has 1 aliphatic rings. The summed E-state index contributed by atoms with van der Waals surface area (Å²) in [7, 11) is 1.59. The molecule has 2 rings (SSSR count). The maximum Gasteiger partial charge on any atom is 0.305 e. The Bertz CT molecular complexity index is 512. The van der Waals surface area contributed by atoms with Crippen molar-refractivity contribution in [3.63, 3.8) is 0 Å². The summed E-state index contributed by atoms with van der Waals surface area (Å²) in [5.41, 5.74) is 0.211. The number of anilines is 1. The molecule has 0 atom stereocenters. The van der Waals surface area contributed by atoms with E-state index >= 15 is 0 Å². The van der Waals surface area contributed by atoms with Crippen molar-refractivity contribution in [2.45, 2.75) is 18.9 Å². The second kappa shape index (κ2) is 6.33. The standard InChI is InChI=1S/C13H17N3O4/c1-14-11-4-2-3-10(12(11)16(18)19)13(17)15-9-5-7-20-8-6-9/h2-4,9,14H,5-8H2,1H3,(H,15,17). The van der Waals surface area contributed by atoms with Gasteiger partial charge in [0.2, 0.25) is 0 Å². The number of ether oxygens (including phenoxy) is 1. The van der Waals surface area contributed by atoms with Crippen LogP contribution in [0.1, 0.15) is 23.2 Å². The minimum absolute atomic E-state index is 0.00842. The summed E-state index contributed by atoms with van der Waals surface area (Å²) in [6, 6.07) is 4.67. The lowest BCUT2D eigenvalue weighted by Crippen LogP contribution is -2.39. The highest BCUT2D eigenvalue weighted by Gasteiger charge is 2.26. The number of nitrogens with one attached hydrogen (secondary N) is 2. The first-order valence-corrected chi connectivity index (χ1v) is 6.47. The Balaban J connectivity index is 2.22. The van der Waals surface area contributed by atoms with Gasteiger partial charge in [0.1, 0.15) is 11.3 Å². The number of nitro benzene ring substituents is 1. The number of carbonyl (C=O) groups excluding carboxylic acids is 1. The Morgan fingerprint density at radius 3 is 2.70 bits per heavy atom. The van der Waals surface area contributed by atoms with Crippen molar-refractivity contribution >= 4 is 17.3 Å². The average molecular weight is 279 g/mol. The fourth-order valence-electron chi connectivity index (χ4n) is 2.23. The van der Waals surface area contributed by atoms with E-state index in [2.05, 4.69) is 10.6 Å². The van der Waals surface area contributed by atoms with E-state index in [0.29, 0.717) is 18.9 Å². The minimum atomic E-state index is -0.537. The molecule has 0 bridgehead atoms. The SMILES string of the molecule is CNc1cccc(C(=O)NC2CCOCC2)c1[N+](=O)[O-]. The van der Waals surface area contributed by atoms with Crippen LogP contribution in [-0.4, -0.2) is 37.1 Å². The van der Waals surface area contributed by atoms with E-state index in [-0.39, 0.29) is 17.3 Å². The molecule has 1 amide bonds. The number of rotatable bonds is 4. The van der Waals surface area contributed by atoms with Crippen molar-refractivity contribution in [3.8, 4) is 0 Å². The predicted molar refractivity (Wildman–Crippen MR) is 74.0 cm³/mol. The number of amides is 1. The lowest BCUT2D eigenvalue weighted by Gasteiger charge is -2.23. The molecule has 0 saturated carbocycles. The second-order valence-electron chi connectivity index (χ2n) is 4.57. The molecule has 0 aromatic heterocycles. The lowest BCUT2D eigenvalue weighted by atomic mass is 10.1. The highest BCUT2D eigenvalue weighted by atomic mass is 16.6. The van der Waals surface area contributed by atoms with E-state index in [1.165, 1.54) is 6.07 Å². The van der Waals surface area contributed by atoms with Crippen LogP contribution in [-0.2, 0) is 4.74 Å². The Morgan fingerprint density at radius 1 is 1.40 bits per heavy atom. The molecule has 1 aromatic rings. The zero-order chi connectivity index (χ0) is 14.5. The molecular weight excluding hydrogens is 262 g/mol. The van der Waals surface area contributed by atoms with Crippen LogP contribution >= 0.6 is 0 Å². The fraction of sp³-hybridized carbons (Fsp3) is 0.462. The van der Waals surface area contributed by atoms with E-state index in [9.17, 15) is 14.9 Å². The normalized spacial score (nSPS) is 15.7. The third-order valence-corrected chi connectivity index (χ3v) is 3.29. The highest BCUT2D eigenvalue weighted by molar-refractivity contribution is 6.00. The average Bonchev–Trinajstić information content (AvgIpc) is 2.47. The molecule has 20 heavy (non-hydrogen) atoms. The van der Waals surface area contributed by atoms with Gasteiger partial charge in [0.15, 0.2) is 0 Å². The summed E-state index contributed by atoms with van der Waals surface area (Å²) in [5, 5.41) is 16.7. The van der Waals surface area contributed by atoms with Gasteiger partial charge < -0.3 is 15.4 Å². The monoisotopic (exact) mass is 279 g/mol. The topological polar surface area (TPSA) is 93.5 Å². The number of carbonyl (C=O) groups is 1. The molecule has 7 heteroatoms. The van der Waals surface area contributed by atoms with Gasteiger partial charge in [-0.3, -0.25) is 14.9 Å². The van der Waals surface area contributed by atoms with Gasteiger partial charge in [-0.05, 0) is 25.0 Å². The van der Waals surface area contributed by atoms with E-state index in [1.807, 2.05) is 0 Å². The van der Waals surface area contributed by atoms with Gasteiger partial charge in [-0.15, -0.1) is 0 Å². The molecular formula is C13H17N3O4. The maximum absolute atomic E-state index is 12.2. The van der Waals surface area contributed by atoms with Gasteiger partial charge in [0, 0.05) is 26.3 Å². The van der Waals surface area contributed by atoms with Crippen LogP contribution in [0.3, 0.4) is 0 Å². The summed E-state index contributed by atoms with van der Waals surface area (Å²) >= 11 is 0. The van der Waals surface area contributed by atoms with Crippen molar-refractivity contribution in [2.75, 3.05) is 25.6 Å². The largest absolute Gasteiger partial charge is 0.383 e. The number of nitro groups is 1. The minimum Gasteiger partial charge on any atom is -0.383 e. The molecule has 1 aromatic carbocycles. The molecule has 0 aliphatic carbocycles. The molecule has 1 fully saturated rings. The number of nitrogens with zero attached hydrogens (tertiary/aromatic N) is 1. The molecule has 1 heterocycles. The van der Waals surface area contributed by atoms with Crippen molar-refractivity contribution in [3.05, 3.63) is 33.9 Å². The summed E-state index contributed by atoms with van der Waals surface area (Å²) in [6.45, 7) is 1.20. The smallest absolute Gasteiger partial charge is 0.305 e. The maximum atomic E-state index is 12.2. The van der Waals surface area contributed by atoms with E-state index < -0.39 is 10.8 Å². The van der Waals surface area contributed by atoms with Crippen LogP contribution in [0.4, 0.5) is 11.4 Å². The molecule has 2 N–H and O–H groups in total. The van der Waals surface area contributed by atoms with Gasteiger partial charge in [0.05, 0.1) is 4.92 Å². The first kappa shape index (κ1) is 14.3. The summed E-state index contributed by atoms with van der Waals surface area (Å²) in [4.78, 5) is 22.8. The van der Waals surface area contributed by atoms with Gasteiger partial charge >= 0.3 is 5.69 Å². The van der Waals surface area contributed by atoms with Crippen LogP contribution in [0.5, 0.6) is 0 Å². The van der Waals surface area contributed by atoms with Crippen molar-refractivity contribution in [1.29, 1.82) is 0 Å². The lowest BCUT2D eigenvalue weighted by molar-refractivity contribution is -0.384. The third kappa shape index (κ3) is 3.05. The van der Waals surface area contributed by atoms with Gasteiger partial charge in [-0.2, -0.15) is 0 Å². The van der Waals surface area contributed by atoms with Crippen molar-refractivity contribution in [1.82, 2.24) is 5.32 Å². The number of hydrogen-bond acceptors (Lipinski definition) is 5. The first-order valence-electron chi connectivity index (χ1n) is 6.47. The Morgan fingerprint density at radius 2 is 2.10 bits per heavy atom.